The number of carbonyl (C=O) groups is 1. The van der Waals surface area contributed by atoms with Crippen LogP contribution >= 0.6 is 0 Å². The van der Waals surface area contributed by atoms with Crippen LogP contribution in [0.3, 0.4) is 0 Å². The molecule has 0 aliphatic heterocycles. The molecule has 0 radical (unpaired) electrons. The molecule has 1 aromatic rings. The highest BCUT2D eigenvalue weighted by atomic mass is 16.1. The van der Waals surface area contributed by atoms with Crippen LogP contribution in [-0.2, 0) is 4.79 Å². The van der Waals surface area contributed by atoms with Crippen molar-refractivity contribution in [2.45, 2.75) is 44.1 Å². The van der Waals surface area contributed by atoms with Gasteiger partial charge in [0.25, 0.3) is 0 Å². The van der Waals surface area contributed by atoms with Crippen LogP contribution in [0.4, 0.5) is 0 Å². The van der Waals surface area contributed by atoms with Gasteiger partial charge in [-0.2, -0.15) is 0 Å². The van der Waals surface area contributed by atoms with Crippen molar-refractivity contribution in [3.05, 3.63) is 35.9 Å². The molecule has 0 amide bonds. The Bertz CT molecular complexity index is 428. The lowest BCUT2D eigenvalue weighted by molar-refractivity contribution is -0.125. The average molecular weight is 243 g/mol. The van der Waals surface area contributed by atoms with Crippen LogP contribution in [0, 0.1) is 11.8 Å². The fourth-order valence-corrected chi connectivity index (χ4v) is 3.37. The third-order valence-electron chi connectivity index (χ3n) is 4.50. The molecule has 2 aliphatic carbocycles. The Hall–Kier alpha value is -1.15. The van der Waals surface area contributed by atoms with Gasteiger partial charge in [-0.25, -0.2) is 0 Å². The van der Waals surface area contributed by atoms with E-state index in [0.717, 1.165) is 32.1 Å². The summed E-state index contributed by atoms with van der Waals surface area (Å²) >= 11 is 0. The van der Waals surface area contributed by atoms with E-state index in [1.807, 2.05) is 6.07 Å². The molecular formula is C16H21NO. The summed E-state index contributed by atoms with van der Waals surface area (Å²) in [6, 6.07) is 10.7. The Kier molecular flexibility index (Phi) is 3.21. The number of Topliss-reactive ketones (excluding diaryl/α,β-unsaturated/α-hetero) is 1. The summed E-state index contributed by atoms with van der Waals surface area (Å²) in [5.74, 6) is 1.49. The largest absolute Gasteiger partial charge is 0.328 e. The number of hydrogen-bond acceptors (Lipinski definition) is 2. The van der Waals surface area contributed by atoms with E-state index in [2.05, 4.69) is 24.3 Å². The van der Waals surface area contributed by atoms with E-state index in [-0.39, 0.29) is 17.9 Å². The highest BCUT2D eigenvalue weighted by molar-refractivity contribution is 5.87. The summed E-state index contributed by atoms with van der Waals surface area (Å²) in [6.07, 6.45) is 5.24. The molecule has 2 saturated carbocycles. The predicted octanol–water partition coefficient (Wildman–Crippen LogP) is 2.88. The van der Waals surface area contributed by atoms with Gasteiger partial charge in [-0.15, -0.1) is 0 Å². The van der Waals surface area contributed by atoms with Crippen molar-refractivity contribution in [2.75, 3.05) is 0 Å². The molecule has 18 heavy (non-hydrogen) atoms. The molecule has 96 valence electrons. The minimum atomic E-state index is 0.243. The van der Waals surface area contributed by atoms with Gasteiger partial charge in [-0.05, 0) is 37.2 Å². The lowest BCUT2D eigenvalue weighted by atomic mass is 9.81. The first kappa shape index (κ1) is 11.9. The van der Waals surface area contributed by atoms with Gasteiger partial charge in [0.1, 0.15) is 5.78 Å². The van der Waals surface area contributed by atoms with Crippen LogP contribution in [0.1, 0.15) is 43.6 Å². The SMILES string of the molecule is NC1CCCC(C(=O)C2CC2c2ccccc2)C1. The lowest BCUT2D eigenvalue weighted by Gasteiger charge is -2.25. The summed E-state index contributed by atoms with van der Waals surface area (Å²) in [5.41, 5.74) is 7.31. The zero-order valence-corrected chi connectivity index (χ0v) is 10.7. The maximum atomic E-state index is 12.4. The quantitative estimate of drug-likeness (QED) is 0.887. The maximum Gasteiger partial charge on any atom is 0.139 e. The number of nitrogens with two attached hydrogens (primary N) is 1. The molecule has 2 heteroatoms. The van der Waals surface area contributed by atoms with E-state index in [4.69, 9.17) is 5.73 Å². The van der Waals surface area contributed by atoms with Gasteiger partial charge in [0.05, 0.1) is 0 Å². The van der Waals surface area contributed by atoms with Crippen LogP contribution in [0.25, 0.3) is 0 Å². The van der Waals surface area contributed by atoms with Crippen LogP contribution < -0.4 is 5.73 Å². The van der Waals surface area contributed by atoms with Gasteiger partial charge in [-0.3, -0.25) is 4.79 Å². The smallest absolute Gasteiger partial charge is 0.139 e. The fourth-order valence-electron chi connectivity index (χ4n) is 3.37. The monoisotopic (exact) mass is 243 g/mol. The third-order valence-corrected chi connectivity index (χ3v) is 4.50. The van der Waals surface area contributed by atoms with E-state index in [0.29, 0.717) is 11.7 Å². The summed E-state index contributed by atoms with van der Waals surface area (Å²) < 4.78 is 0. The van der Waals surface area contributed by atoms with Crippen molar-refractivity contribution in [1.29, 1.82) is 0 Å². The Morgan fingerprint density at radius 3 is 2.61 bits per heavy atom. The molecule has 1 aromatic carbocycles. The maximum absolute atomic E-state index is 12.4. The van der Waals surface area contributed by atoms with E-state index < -0.39 is 0 Å². The molecule has 2 aliphatic rings. The number of benzene rings is 1. The molecule has 0 saturated heterocycles. The van der Waals surface area contributed by atoms with Crippen LogP contribution in [0.15, 0.2) is 30.3 Å². The first-order chi connectivity index (χ1) is 8.75. The van der Waals surface area contributed by atoms with E-state index in [9.17, 15) is 4.79 Å². The molecule has 0 spiro atoms. The second-order valence-corrected chi connectivity index (χ2v) is 5.89. The van der Waals surface area contributed by atoms with Gasteiger partial charge >= 0.3 is 0 Å². The molecule has 2 fully saturated rings. The molecule has 0 heterocycles. The summed E-state index contributed by atoms with van der Waals surface area (Å²) in [6.45, 7) is 0. The first-order valence-electron chi connectivity index (χ1n) is 7.10. The minimum Gasteiger partial charge on any atom is -0.328 e. The van der Waals surface area contributed by atoms with E-state index in [1.165, 1.54) is 5.56 Å². The number of carbonyl (C=O) groups excluding carboxylic acids is 1. The average Bonchev–Trinajstić information content (AvgIpc) is 3.19. The van der Waals surface area contributed by atoms with Gasteiger partial charge < -0.3 is 5.73 Å². The predicted molar refractivity (Wildman–Crippen MR) is 72.2 cm³/mol. The zero-order valence-electron chi connectivity index (χ0n) is 10.7. The Morgan fingerprint density at radius 2 is 1.89 bits per heavy atom. The van der Waals surface area contributed by atoms with Crippen molar-refractivity contribution < 1.29 is 4.79 Å². The summed E-state index contributed by atoms with van der Waals surface area (Å²) in [5, 5.41) is 0. The molecule has 4 atom stereocenters. The second-order valence-electron chi connectivity index (χ2n) is 5.89. The molecule has 0 aromatic heterocycles. The fraction of sp³-hybridized carbons (Fsp3) is 0.562. The Morgan fingerprint density at radius 1 is 1.11 bits per heavy atom. The van der Waals surface area contributed by atoms with Crippen LogP contribution in [-0.4, -0.2) is 11.8 Å². The van der Waals surface area contributed by atoms with Crippen molar-refractivity contribution in [2.24, 2.45) is 17.6 Å². The Labute approximate surface area is 109 Å². The molecule has 4 unspecified atom stereocenters. The number of rotatable bonds is 3. The van der Waals surface area contributed by atoms with Gasteiger partial charge in [0.15, 0.2) is 0 Å². The van der Waals surface area contributed by atoms with Crippen LogP contribution in [0.2, 0.25) is 0 Å². The third kappa shape index (κ3) is 2.35. The number of hydrogen-bond donors (Lipinski definition) is 1. The molecular weight excluding hydrogens is 222 g/mol. The lowest BCUT2D eigenvalue weighted by Crippen LogP contribution is -2.32. The topological polar surface area (TPSA) is 43.1 Å². The van der Waals surface area contributed by atoms with Crippen molar-refractivity contribution >= 4 is 5.78 Å². The minimum absolute atomic E-state index is 0.243. The first-order valence-corrected chi connectivity index (χ1v) is 7.10. The molecule has 0 bridgehead atoms. The van der Waals surface area contributed by atoms with Crippen molar-refractivity contribution in [3.8, 4) is 0 Å². The van der Waals surface area contributed by atoms with Gasteiger partial charge in [0.2, 0.25) is 0 Å². The van der Waals surface area contributed by atoms with Gasteiger partial charge in [-0.1, -0.05) is 36.8 Å². The standard InChI is InChI=1S/C16H21NO/c17-13-8-4-7-12(9-13)16(18)15-10-14(15)11-5-2-1-3-6-11/h1-3,5-6,12-15H,4,7-10,17H2. The molecule has 2 nitrogen and oxygen atoms in total. The van der Waals surface area contributed by atoms with Crippen LogP contribution in [0.5, 0.6) is 0 Å². The normalized spacial score (nSPS) is 35.2. The van der Waals surface area contributed by atoms with Crippen molar-refractivity contribution in [3.63, 3.8) is 0 Å². The second kappa shape index (κ2) is 4.85. The highest BCUT2D eigenvalue weighted by Gasteiger charge is 2.46. The summed E-state index contributed by atoms with van der Waals surface area (Å²) in [4.78, 5) is 12.4. The highest BCUT2D eigenvalue weighted by Crippen LogP contribution is 2.50. The molecule has 3 rings (SSSR count). The van der Waals surface area contributed by atoms with Crippen molar-refractivity contribution in [1.82, 2.24) is 0 Å². The zero-order chi connectivity index (χ0) is 12.5. The molecule has 2 N–H and O–H groups in total. The Balaban J connectivity index is 1.62. The van der Waals surface area contributed by atoms with E-state index in [1.54, 1.807) is 0 Å². The summed E-state index contributed by atoms with van der Waals surface area (Å²) in [7, 11) is 0. The van der Waals surface area contributed by atoms with Gasteiger partial charge in [0, 0.05) is 17.9 Å². The number of ketones is 1. The van der Waals surface area contributed by atoms with E-state index >= 15 is 0 Å².